The van der Waals surface area contributed by atoms with Crippen molar-refractivity contribution in [3.63, 3.8) is 0 Å². The summed E-state index contributed by atoms with van der Waals surface area (Å²) in [5, 5.41) is 9.38. The van der Waals surface area contributed by atoms with Crippen LogP contribution in [0.25, 0.3) is 0 Å². The van der Waals surface area contributed by atoms with Gasteiger partial charge in [-0.2, -0.15) is 0 Å². The first kappa shape index (κ1) is 14.1. The number of carboxylic acid groups (broad SMARTS) is 1. The molecule has 0 bridgehead atoms. The van der Waals surface area contributed by atoms with E-state index in [1.165, 1.54) is 17.8 Å². The van der Waals surface area contributed by atoms with E-state index in [1.807, 2.05) is 13.8 Å². The first-order valence-corrected chi connectivity index (χ1v) is 6.46. The molecule has 1 aromatic rings. The van der Waals surface area contributed by atoms with Gasteiger partial charge >= 0.3 is 5.97 Å². The summed E-state index contributed by atoms with van der Waals surface area (Å²) in [6.07, 6.45) is 0. The average Bonchev–Trinajstić information content (AvgIpc) is 2.26. The number of rotatable bonds is 5. The smallest absolute Gasteiger partial charge is 0.336 e. The Hall–Kier alpha value is -1.00. The molecule has 3 nitrogen and oxygen atoms in total. The third kappa shape index (κ3) is 4.06. The van der Waals surface area contributed by atoms with Crippen molar-refractivity contribution in [2.24, 2.45) is 5.92 Å². The number of thioether (sulfide) groups is 1. The second kappa shape index (κ2) is 6.07. The third-order valence-corrected chi connectivity index (χ3v) is 3.52. The second-order valence-electron chi connectivity index (χ2n) is 3.86. The van der Waals surface area contributed by atoms with E-state index in [2.05, 4.69) is 0 Å². The molecule has 0 aliphatic heterocycles. The van der Waals surface area contributed by atoms with E-state index in [0.717, 1.165) is 0 Å². The van der Waals surface area contributed by atoms with Crippen LogP contribution in [0, 0.1) is 5.92 Å². The first-order valence-electron chi connectivity index (χ1n) is 5.10. The first-order chi connectivity index (χ1) is 7.91. The normalized spacial score (nSPS) is 10.6. The molecule has 0 fully saturated rings. The predicted molar refractivity (Wildman–Crippen MR) is 69.0 cm³/mol. The Morgan fingerprint density at radius 2 is 2.06 bits per heavy atom. The molecule has 1 rings (SSSR count). The van der Waals surface area contributed by atoms with Crippen molar-refractivity contribution in [2.45, 2.75) is 18.7 Å². The SMILES string of the molecule is CC(C)C(=O)CSc1ccc(Cl)cc1C(=O)O. The van der Waals surface area contributed by atoms with Crippen LogP contribution < -0.4 is 0 Å². The van der Waals surface area contributed by atoms with Crippen LogP contribution in [0.1, 0.15) is 24.2 Å². The molecule has 0 radical (unpaired) electrons. The summed E-state index contributed by atoms with van der Waals surface area (Å²) in [5.74, 6) is -0.698. The number of carbonyl (C=O) groups excluding carboxylic acids is 1. The highest BCUT2D eigenvalue weighted by Crippen LogP contribution is 2.26. The van der Waals surface area contributed by atoms with Crippen molar-refractivity contribution in [1.82, 2.24) is 0 Å². The number of Topliss-reactive ketones (excluding diaryl/α,β-unsaturated/α-hetero) is 1. The molecule has 0 heterocycles. The number of carboxylic acids is 1. The van der Waals surface area contributed by atoms with Crippen LogP contribution in [0.3, 0.4) is 0 Å². The topological polar surface area (TPSA) is 54.4 Å². The van der Waals surface area contributed by atoms with Gasteiger partial charge in [-0.3, -0.25) is 4.79 Å². The molecule has 0 aromatic heterocycles. The minimum Gasteiger partial charge on any atom is -0.478 e. The number of aromatic carboxylic acids is 1. The lowest BCUT2D eigenvalue weighted by Gasteiger charge is -2.07. The Kier molecular flexibility index (Phi) is 5.02. The van der Waals surface area contributed by atoms with Crippen LogP contribution in [0.4, 0.5) is 0 Å². The molecule has 0 atom stereocenters. The zero-order valence-electron chi connectivity index (χ0n) is 9.57. The molecule has 1 N–H and O–H groups in total. The Bertz CT molecular complexity index is 443. The van der Waals surface area contributed by atoms with Gasteiger partial charge < -0.3 is 5.11 Å². The number of carbonyl (C=O) groups is 2. The second-order valence-corrected chi connectivity index (χ2v) is 5.31. The Balaban J connectivity index is 2.84. The highest BCUT2D eigenvalue weighted by molar-refractivity contribution is 8.00. The van der Waals surface area contributed by atoms with E-state index in [-0.39, 0.29) is 23.0 Å². The fourth-order valence-corrected chi connectivity index (χ4v) is 2.38. The maximum atomic E-state index is 11.5. The molecule has 0 aliphatic carbocycles. The highest BCUT2D eigenvalue weighted by atomic mass is 35.5. The van der Waals surface area contributed by atoms with Crippen molar-refractivity contribution in [1.29, 1.82) is 0 Å². The minimum absolute atomic E-state index is 0.0388. The monoisotopic (exact) mass is 272 g/mol. The van der Waals surface area contributed by atoms with Crippen LogP contribution in [-0.4, -0.2) is 22.6 Å². The fourth-order valence-electron chi connectivity index (χ4n) is 1.11. The van der Waals surface area contributed by atoms with E-state index in [1.54, 1.807) is 12.1 Å². The Morgan fingerprint density at radius 1 is 1.41 bits per heavy atom. The molecule has 17 heavy (non-hydrogen) atoms. The molecule has 1 aromatic carbocycles. The summed E-state index contributed by atoms with van der Waals surface area (Å²) >= 11 is 6.97. The molecule has 0 unspecified atom stereocenters. The van der Waals surface area contributed by atoms with Crippen molar-refractivity contribution in [2.75, 3.05) is 5.75 Å². The molecule has 0 amide bonds. The summed E-state index contributed by atoms with van der Waals surface area (Å²) in [7, 11) is 0. The average molecular weight is 273 g/mol. The van der Waals surface area contributed by atoms with E-state index < -0.39 is 5.97 Å². The van der Waals surface area contributed by atoms with Gasteiger partial charge in [0.15, 0.2) is 0 Å². The number of halogens is 1. The zero-order valence-corrected chi connectivity index (χ0v) is 11.1. The van der Waals surface area contributed by atoms with Crippen LogP contribution >= 0.6 is 23.4 Å². The molecule has 0 saturated carbocycles. The molecular formula is C12H13ClO3S. The summed E-state index contributed by atoms with van der Waals surface area (Å²) in [5.41, 5.74) is 0.138. The summed E-state index contributed by atoms with van der Waals surface area (Å²) in [4.78, 5) is 23.0. The Labute approximate surface area is 109 Å². The van der Waals surface area contributed by atoms with Gasteiger partial charge in [-0.15, -0.1) is 11.8 Å². The lowest BCUT2D eigenvalue weighted by atomic mass is 10.1. The largest absolute Gasteiger partial charge is 0.478 e. The van der Waals surface area contributed by atoms with Crippen LogP contribution in [0.2, 0.25) is 5.02 Å². The summed E-state index contributed by atoms with van der Waals surface area (Å²) < 4.78 is 0. The van der Waals surface area contributed by atoms with Gasteiger partial charge in [0, 0.05) is 15.8 Å². The lowest BCUT2D eigenvalue weighted by Crippen LogP contribution is -2.10. The van der Waals surface area contributed by atoms with Crippen LogP contribution in [0.15, 0.2) is 23.1 Å². The van der Waals surface area contributed by atoms with E-state index >= 15 is 0 Å². The molecule has 0 aliphatic rings. The minimum atomic E-state index is -1.04. The van der Waals surface area contributed by atoms with Crippen molar-refractivity contribution in [3.8, 4) is 0 Å². The number of ketones is 1. The van der Waals surface area contributed by atoms with E-state index in [9.17, 15) is 9.59 Å². The zero-order chi connectivity index (χ0) is 13.0. The number of hydrogen-bond donors (Lipinski definition) is 1. The van der Waals surface area contributed by atoms with E-state index in [4.69, 9.17) is 16.7 Å². The van der Waals surface area contributed by atoms with Gasteiger partial charge in [-0.05, 0) is 18.2 Å². The summed E-state index contributed by atoms with van der Waals surface area (Å²) in [6.45, 7) is 3.64. The molecular weight excluding hydrogens is 260 g/mol. The van der Waals surface area contributed by atoms with Crippen molar-refractivity contribution < 1.29 is 14.7 Å². The standard InChI is InChI=1S/C12H13ClO3S/c1-7(2)10(14)6-17-11-4-3-8(13)5-9(11)12(15)16/h3-5,7H,6H2,1-2H3,(H,15,16). The van der Waals surface area contributed by atoms with Crippen LogP contribution in [0.5, 0.6) is 0 Å². The fraction of sp³-hybridized carbons (Fsp3) is 0.333. The van der Waals surface area contributed by atoms with Gasteiger partial charge in [-0.1, -0.05) is 25.4 Å². The molecule has 0 spiro atoms. The highest BCUT2D eigenvalue weighted by Gasteiger charge is 2.14. The van der Waals surface area contributed by atoms with Crippen molar-refractivity contribution >= 4 is 35.1 Å². The lowest BCUT2D eigenvalue weighted by molar-refractivity contribution is -0.119. The maximum absolute atomic E-state index is 11.5. The summed E-state index contributed by atoms with van der Waals surface area (Å²) in [6, 6.07) is 4.65. The van der Waals surface area contributed by atoms with Gasteiger partial charge in [-0.25, -0.2) is 4.79 Å². The van der Waals surface area contributed by atoms with Crippen LogP contribution in [-0.2, 0) is 4.79 Å². The molecule has 92 valence electrons. The quantitative estimate of drug-likeness (QED) is 0.835. The van der Waals surface area contributed by atoms with E-state index in [0.29, 0.717) is 9.92 Å². The van der Waals surface area contributed by atoms with Gasteiger partial charge in [0.25, 0.3) is 0 Å². The third-order valence-electron chi connectivity index (χ3n) is 2.19. The van der Waals surface area contributed by atoms with Gasteiger partial charge in [0.2, 0.25) is 0 Å². The van der Waals surface area contributed by atoms with Crippen molar-refractivity contribution in [3.05, 3.63) is 28.8 Å². The Morgan fingerprint density at radius 3 is 2.59 bits per heavy atom. The van der Waals surface area contributed by atoms with Gasteiger partial charge in [0.1, 0.15) is 5.78 Å². The predicted octanol–water partition coefficient (Wildman–Crippen LogP) is 3.36. The molecule has 0 saturated heterocycles. The number of hydrogen-bond acceptors (Lipinski definition) is 3. The van der Waals surface area contributed by atoms with Gasteiger partial charge in [0.05, 0.1) is 11.3 Å². The maximum Gasteiger partial charge on any atom is 0.336 e. The molecule has 5 heteroatoms. The number of benzene rings is 1.